The third-order valence-corrected chi connectivity index (χ3v) is 4.61. The Morgan fingerprint density at radius 3 is 2.36 bits per heavy atom. The fourth-order valence-electron chi connectivity index (χ4n) is 2.89. The topological polar surface area (TPSA) is 76.0 Å². The standard InChI is InChI=1S/C21H21ClN4O2/c1-14-19(15(2)26(25-14)18-10-8-16(22)9-11-18)12-20(27)23-13-21(28)24-17-6-4-3-5-7-17/h3-11H,12-13H2,1-2H3,(H,23,27)(H,24,28). The van der Waals surface area contributed by atoms with E-state index in [0.717, 1.165) is 22.6 Å². The first kappa shape index (κ1) is 19.6. The normalized spacial score (nSPS) is 10.5. The first-order valence-corrected chi connectivity index (χ1v) is 9.24. The fraction of sp³-hybridized carbons (Fsp3) is 0.190. The molecule has 0 saturated heterocycles. The SMILES string of the molecule is Cc1nn(-c2ccc(Cl)cc2)c(C)c1CC(=O)NCC(=O)Nc1ccccc1. The summed E-state index contributed by atoms with van der Waals surface area (Å²) >= 11 is 5.94. The molecule has 0 saturated carbocycles. The number of benzene rings is 2. The molecule has 2 amide bonds. The van der Waals surface area contributed by atoms with Crippen molar-refractivity contribution in [2.75, 3.05) is 11.9 Å². The molecule has 0 spiro atoms. The van der Waals surface area contributed by atoms with Gasteiger partial charge < -0.3 is 10.6 Å². The molecule has 0 radical (unpaired) electrons. The van der Waals surface area contributed by atoms with Crippen molar-refractivity contribution in [2.24, 2.45) is 0 Å². The number of aromatic nitrogens is 2. The molecule has 0 aliphatic heterocycles. The van der Waals surface area contributed by atoms with Crippen LogP contribution in [0.3, 0.4) is 0 Å². The number of nitrogens with zero attached hydrogens (tertiary/aromatic N) is 2. The van der Waals surface area contributed by atoms with E-state index in [1.165, 1.54) is 0 Å². The Morgan fingerprint density at radius 1 is 1.00 bits per heavy atom. The largest absolute Gasteiger partial charge is 0.347 e. The van der Waals surface area contributed by atoms with E-state index in [-0.39, 0.29) is 24.8 Å². The number of nitrogens with one attached hydrogen (secondary N) is 2. The molecule has 0 atom stereocenters. The molecule has 0 aliphatic rings. The number of hydrogen-bond donors (Lipinski definition) is 2. The maximum Gasteiger partial charge on any atom is 0.243 e. The molecule has 1 heterocycles. The molecule has 0 aliphatic carbocycles. The third kappa shape index (κ3) is 4.78. The minimum absolute atomic E-state index is 0.0862. The molecule has 2 N–H and O–H groups in total. The molecule has 144 valence electrons. The zero-order valence-electron chi connectivity index (χ0n) is 15.7. The molecule has 2 aromatic carbocycles. The van der Waals surface area contributed by atoms with Crippen LogP contribution < -0.4 is 10.6 Å². The Balaban J connectivity index is 1.61. The molecule has 0 bridgehead atoms. The average Bonchev–Trinajstić information content (AvgIpc) is 2.96. The highest BCUT2D eigenvalue weighted by molar-refractivity contribution is 6.30. The van der Waals surface area contributed by atoms with Crippen LogP contribution in [0, 0.1) is 13.8 Å². The van der Waals surface area contributed by atoms with Gasteiger partial charge in [0.2, 0.25) is 11.8 Å². The van der Waals surface area contributed by atoms with Gasteiger partial charge >= 0.3 is 0 Å². The lowest BCUT2D eigenvalue weighted by Crippen LogP contribution is -2.33. The van der Waals surface area contributed by atoms with Crippen LogP contribution in [0.25, 0.3) is 5.69 Å². The van der Waals surface area contributed by atoms with Gasteiger partial charge in [-0.3, -0.25) is 9.59 Å². The van der Waals surface area contributed by atoms with E-state index in [0.29, 0.717) is 10.7 Å². The summed E-state index contributed by atoms with van der Waals surface area (Å²) in [5, 5.41) is 10.6. The molecule has 3 aromatic rings. The Kier molecular flexibility index (Phi) is 6.11. The first-order chi connectivity index (χ1) is 13.4. The molecule has 28 heavy (non-hydrogen) atoms. The van der Waals surface area contributed by atoms with Crippen molar-refractivity contribution in [1.82, 2.24) is 15.1 Å². The van der Waals surface area contributed by atoms with Crippen LogP contribution in [0.1, 0.15) is 17.0 Å². The van der Waals surface area contributed by atoms with Crippen molar-refractivity contribution in [3.8, 4) is 5.69 Å². The average molecular weight is 397 g/mol. The number of carbonyl (C=O) groups is 2. The molecule has 1 aromatic heterocycles. The molecule has 6 nitrogen and oxygen atoms in total. The number of hydrogen-bond acceptors (Lipinski definition) is 3. The minimum atomic E-state index is -0.273. The summed E-state index contributed by atoms with van der Waals surface area (Å²) in [4.78, 5) is 24.3. The smallest absolute Gasteiger partial charge is 0.243 e. The second-order valence-electron chi connectivity index (χ2n) is 6.41. The number of anilines is 1. The van der Waals surface area contributed by atoms with Crippen molar-refractivity contribution in [1.29, 1.82) is 0 Å². The van der Waals surface area contributed by atoms with Crippen LogP contribution in [0.15, 0.2) is 54.6 Å². The van der Waals surface area contributed by atoms with Crippen molar-refractivity contribution < 1.29 is 9.59 Å². The zero-order chi connectivity index (χ0) is 20.1. The van der Waals surface area contributed by atoms with Crippen molar-refractivity contribution in [2.45, 2.75) is 20.3 Å². The number of rotatable bonds is 6. The van der Waals surface area contributed by atoms with E-state index in [1.807, 2.05) is 44.2 Å². The maximum absolute atomic E-state index is 12.3. The summed E-state index contributed by atoms with van der Waals surface area (Å²) in [6.07, 6.45) is 0.157. The van der Waals surface area contributed by atoms with Gasteiger partial charge in [-0.05, 0) is 50.2 Å². The fourth-order valence-corrected chi connectivity index (χ4v) is 3.02. The van der Waals surface area contributed by atoms with Gasteiger partial charge in [-0.2, -0.15) is 5.10 Å². The van der Waals surface area contributed by atoms with Gasteiger partial charge in [-0.25, -0.2) is 4.68 Å². The highest BCUT2D eigenvalue weighted by Gasteiger charge is 2.16. The number of carbonyl (C=O) groups excluding carboxylic acids is 2. The van der Waals surface area contributed by atoms with E-state index in [4.69, 9.17) is 11.6 Å². The summed E-state index contributed by atoms with van der Waals surface area (Å²) in [7, 11) is 0. The van der Waals surface area contributed by atoms with Crippen molar-refractivity contribution in [3.63, 3.8) is 0 Å². The highest BCUT2D eigenvalue weighted by atomic mass is 35.5. The molecular weight excluding hydrogens is 376 g/mol. The maximum atomic E-state index is 12.3. The van der Waals surface area contributed by atoms with Gasteiger partial charge in [0.1, 0.15) is 0 Å². The molecule has 3 rings (SSSR count). The quantitative estimate of drug-likeness (QED) is 0.670. The number of halogens is 1. The van der Waals surface area contributed by atoms with E-state index < -0.39 is 0 Å². The monoisotopic (exact) mass is 396 g/mol. The minimum Gasteiger partial charge on any atom is -0.347 e. The third-order valence-electron chi connectivity index (χ3n) is 4.35. The van der Waals surface area contributed by atoms with E-state index in [2.05, 4.69) is 15.7 Å². The van der Waals surface area contributed by atoms with Crippen LogP contribution in [0.4, 0.5) is 5.69 Å². The van der Waals surface area contributed by atoms with Crippen LogP contribution >= 0.6 is 11.6 Å². The lowest BCUT2D eigenvalue weighted by Gasteiger charge is -2.08. The van der Waals surface area contributed by atoms with Crippen LogP contribution in [0.5, 0.6) is 0 Å². The predicted molar refractivity (Wildman–Crippen MR) is 110 cm³/mol. The second kappa shape index (κ2) is 8.71. The lowest BCUT2D eigenvalue weighted by atomic mass is 10.1. The molecular formula is C21H21ClN4O2. The number of amides is 2. The number of aryl methyl sites for hydroxylation is 1. The van der Waals surface area contributed by atoms with Gasteiger partial charge in [0, 0.05) is 22.0 Å². The molecule has 7 heteroatoms. The van der Waals surface area contributed by atoms with Crippen molar-refractivity contribution in [3.05, 3.63) is 76.6 Å². The number of para-hydroxylation sites is 1. The van der Waals surface area contributed by atoms with Gasteiger partial charge in [-0.1, -0.05) is 29.8 Å². The second-order valence-corrected chi connectivity index (χ2v) is 6.84. The summed E-state index contributed by atoms with van der Waals surface area (Å²) in [5.41, 5.74) is 4.06. The molecule has 0 fully saturated rings. The Morgan fingerprint density at radius 2 is 1.68 bits per heavy atom. The summed E-state index contributed by atoms with van der Waals surface area (Å²) < 4.78 is 1.79. The van der Waals surface area contributed by atoms with Gasteiger partial charge in [0.05, 0.1) is 24.3 Å². The van der Waals surface area contributed by atoms with Gasteiger partial charge in [0.15, 0.2) is 0 Å². The Hall–Kier alpha value is -3.12. The van der Waals surface area contributed by atoms with E-state index >= 15 is 0 Å². The molecule has 0 unspecified atom stereocenters. The summed E-state index contributed by atoms with van der Waals surface area (Å²) in [6, 6.07) is 16.5. The Labute approximate surface area is 168 Å². The van der Waals surface area contributed by atoms with Gasteiger partial charge in [-0.15, -0.1) is 0 Å². The van der Waals surface area contributed by atoms with E-state index in [1.54, 1.807) is 28.9 Å². The summed E-state index contributed by atoms with van der Waals surface area (Å²) in [6.45, 7) is 3.70. The van der Waals surface area contributed by atoms with E-state index in [9.17, 15) is 9.59 Å². The van der Waals surface area contributed by atoms with Gasteiger partial charge in [0.25, 0.3) is 0 Å². The van der Waals surface area contributed by atoms with Crippen molar-refractivity contribution >= 4 is 29.1 Å². The first-order valence-electron chi connectivity index (χ1n) is 8.86. The predicted octanol–water partition coefficient (Wildman–Crippen LogP) is 3.44. The Bertz CT molecular complexity index is 982. The zero-order valence-corrected chi connectivity index (χ0v) is 16.5. The summed E-state index contributed by atoms with van der Waals surface area (Å²) in [5.74, 6) is -0.505. The van der Waals surface area contributed by atoms with Crippen LogP contribution in [-0.2, 0) is 16.0 Å². The van der Waals surface area contributed by atoms with Crippen LogP contribution in [-0.4, -0.2) is 28.1 Å². The lowest BCUT2D eigenvalue weighted by molar-refractivity contribution is -0.123. The highest BCUT2D eigenvalue weighted by Crippen LogP contribution is 2.20. The van der Waals surface area contributed by atoms with Crippen LogP contribution in [0.2, 0.25) is 5.02 Å².